The van der Waals surface area contributed by atoms with Crippen LogP contribution >= 0.6 is 12.4 Å². The third kappa shape index (κ3) is 2.79. The Kier molecular flexibility index (Phi) is 4.26. The summed E-state index contributed by atoms with van der Waals surface area (Å²) in [5.74, 6) is -1.76. The number of rotatable bonds is 0. The molecule has 0 aromatic heterocycles. The molecule has 6 heteroatoms. The fourth-order valence-corrected chi connectivity index (χ4v) is 1.19. The average Bonchev–Trinajstić information content (AvgIpc) is 1.86. The Morgan fingerprint density at radius 3 is 2.17 bits per heavy atom. The number of hydrogen-bond acceptors (Lipinski definition) is 1. The molecule has 1 saturated heterocycles. The number of nitrogens with one attached hydrogen (secondary N) is 1. The molecule has 0 radical (unpaired) electrons. The highest BCUT2D eigenvalue weighted by molar-refractivity contribution is 5.85. The van der Waals surface area contributed by atoms with Crippen LogP contribution in [0.2, 0.25) is 0 Å². The number of halogens is 5. The first-order valence-corrected chi connectivity index (χ1v) is 3.43. The molecule has 0 unspecified atom stereocenters. The minimum Gasteiger partial charge on any atom is -0.314 e. The SMILES string of the molecule is Cl.F[C@H]1CNCC[C@H]1C(F)(F)F. The van der Waals surface area contributed by atoms with Crippen molar-refractivity contribution in [2.75, 3.05) is 13.1 Å². The van der Waals surface area contributed by atoms with Gasteiger partial charge in [-0.2, -0.15) is 13.2 Å². The lowest BCUT2D eigenvalue weighted by atomic mass is 9.96. The monoisotopic (exact) mass is 207 g/mol. The molecule has 12 heavy (non-hydrogen) atoms. The zero-order valence-electron chi connectivity index (χ0n) is 6.20. The van der Waals surface area contributed by atoms with E-state index < -0.39 is 18.3 Å². The van der Waals surface area contributed by atoms with E-state index in [1.54, 1.807) is 0 Å². The van der Waals surface area contributed by atoms with Crippen molar-refractivity contribution >= 4 is 12.4 Å². The van der Waals surface area contributed by atoms with Crippen LogP contribution < -0.4 is 5.32 Å². The van der Waals surface area contributed by atoms with Gasteiger partial charge in [-0.05, 0) is 13.0 Å². The Bertz CT molecular complexity index is 138. The summed E-state index contributed by atoms with van der Waals surface area (Å²) in [6.45, 7) is 0.0781. The minimum atomic E-state index is -4.37. The zero-order valence-corrected chi connectivity index (χ0v) is 7.01. The van der Waals surface area contributed by atoms with E-state index >= 15 is 0 Å². The molecule has 0 aromatic carbocycles. The molecule has 74 valence electrons. The quantitative estimate of drug-likeness (QED) is 0.599. The van der Waals surface area contributed by atoms with E-state index in [2.05, 4.69) is 5.32 Å². The first-order chi connectivity index (χ1) is 5.02. The summed E-state index contributed by atoms with van der Waals surface area (Å²) in [4.78, 5) is 0. The maximum Gasteiger partial charge on any atom is 0.394 e. The summed E-state index contributed by atoms with van der Waals surface area (Å²) in [6, 6.07) is 0. The maximum absolute atomic E-state index is 12.6. The molecule has 1 N–H and O–H groups in total. The van der Waals surface area contributed by atoms with Gasteiger partial charge in [0.1, 0.15) is 6.17 Å². The molecule has 2 atom stereocenters. The van der Waals surface area contributed by atoms with Crippen molar-refractivity contribution in [3.05, 3.63) is 0 Å². The van der Waals surface area contributed by atoms with Gasteiger partial charge in [0.2, 0.25) is 0 Å². The predicted molar refractivity (Wildman–Crippen MR) is 39.2 cm³/mol. The van der Waals surface area contributed by atoms with Crippen LogP contribution in [0.1, 0.15) is 6.42 Å². The van der Waals surface area contributed by atoms with Crippen LogP contribution in [0.4, 0.5) is 17.6 Å². The van der Waals surface area contributed by atoms with E-state index in [0.29, 0.717) is 0 Å². The van der Waals surface area contributed by atoms with E-state index in [4.69, 9.17) is 0 Å². The van der Waals surface area contributed by atoms with Gasteiger partial charge in [0.15, 0.2) is 0 Å². The van der Waals surface area contributed by atoms with Gasteiger partial charge in [-0.15, -0.1) is 12.4 Å². The maximum atomic E-state index is 12.6. The summed E-state index contributed by atoms with van der Waals surface area (Å²) >= 11 is 0. The van der Waals surface area contributed by atoms with E-state index in [1.165, 1.54) is 0 Å². The summed E-state index contributed by atoms with van der Waals surface area (Å²) in [7, 11) is 0. The Balaban J connectivity index is 0.00000121. The Hall–Kier alpha value is -0.0300. The van der Waals surface area contributed by atoms with Crippen LogP contribution in [0.5, 0.6) is 0 Å². The molecular formula is C6H10ClF4N. The summed E-state index contributed by atoms with van der Waals surface area (Å²) in [6.07, 6.45) is -6.30. The largest absolute Gasteiger partial charge is 0.394 e. The summed E-state index contributed by atoms with van der Waals surface area (Å²) in [5.41, 5.74) is 0. The van der Waals surface area contributed by atoms with Gasteiger partial charge in [0.25, 0.3) is 0 Å². The molecule has 0 amide bonds. The molecule has 1 fully saturated rings. The average molecular weight is 208 g/mol. The minimum absolute atomic E-state index is 0. The molecule has 0 aromatic rings. The van der Waals surface area contributed by atoms with Gasteiger partial charge in [0, 0.05) is 6.54 Å². The zero-order chi connectivity index (χ0) is 8.48. The number of piperidine rings is 1. The highest BCUT2D eigenvalue weighted by Crippen LogP contribution is 2.33. The third-order valence-electron chi connectivity index (χ3n) is 1.83. The highest BCUT2D eigenvalue weighted by atomic mass is 35.5. The first kappa shape index (κ1) is 12.0. The fourth-order valence-electron chi connectivity index (χ4n) is 1.19. The smallest absolute Gasteiger partial charge is 0.314 e. The van der Waals surface area contributed by atoms with Gasteiger partial charge >= 0.3 is 6.18 Å². The molecule has 0 bridgehead atoms. The third-order valence-corrected chi connectivity index (χ3v) is 1.83. The standard InChI is InChI=1S/C6H9F4N.ClH/c7-5-3-11-2-1-4(5)6(8,9)10;/h4-5,11H,1-3H2;1H/t4-,5+;/m1./s1. The van der Waals surface area contributed by atoms with E-state index in [-0.39, 0.29) is 31.9 Å². The number of alkyl halides is 4. The van der Waals surface area contributed by atoms with Crippen LogP contribution in [0.15, 0.2) is 0 Å². The summed E-state index contributed by atoms with van der Waals surface area (Å²) in [5, 5.41) is 2.56. The van der Waals surface area contributed by atoms with Crippen LogP contribution in [0, 0.1) is 5.92 Å². The van der Waals surface area contributed by atoms with Crippen molar-refractivity contribution in [1.29, 1.82) is 0 Å². The van der Waals surface area contributed by atoms with E-state index in [9.17, 15) is 17.6 Å². The van der Waals surface area contributed by atoms with Gasteiger partial charge in [0.05, 0.1) is 5.92 Å². The van der Waals surface area contributed by atoms with Gasteiger partial charge in [-0.25, -0.2) is 4.39 Å². The predicted octanol–water partition coefficient (Wildman–Crippen LogP) is 1.92. The normalized spacial score (nSPS) is 31.0. The first-order valence-electron chi connectivity index (χ1n) is 3.43. The summed E-state index contributed by atoms with van der Waals surface area (Å²) < 4.78 is 48.3. The van der Waals surface area contributed by atoms with Crippen molar-refractivity contribution < 1.29 is 17.6 Å². The molecule has 1 rings (SSSR count). The van der Waals surface area contributed by atoms with Crippen molar-refractivity contribution in [2.45, 2.75) is 18.8 Å². The second-order valence-electron chi connectivity index (χ2n) is 2.66. The van der Waals surface area contributed by atoms with Crippen LogP contribution in [-0.2, 0) is 0 Å². The lowest BCUT2D eigenvalue weighted by Crippen LogP contribution is -2.44. The van der Waals surface area contributed by atoms with Crippen molar-refractivity contribution in [2.24, 2.45) is 5.92 Å². The van der Waals surface area contributed by atoms with Gasteiger partial charge in [-0.3, -0.25) is 0 Å². The van der Waals surface area contributed by atoms with Crippen molar-refractivity contribution in [3.63, 3.8) is 0 Å². The molecular weight excluding hydrogens is 198 g/mol. The van der Waals surface area contributed by atoms with Crippen LogP contribution in [0.25, 0.3) is 0 Å². The molecule has 0 saturated carbocycles. The molecule has 1 heterocycles. The topological polar surface area (TPSA) is 12.0 Å². The van der Waals surface area contributed by atoms with Crippen molar-refractivity contribution in [1.82, 2.24) is 5.32 Å². The Morgan fingerprint density at radius 2 is 1.83 bits per heavy atom. The second kappa shape index (κ2) is 4.28. The van der Waals surface area contributed by atoms with Crippen LogP contribution in [0.3, 0.4) is 0 Å². The fraction of sp³-hybridized carbons (Fsp3) is 1.00. The molecule has 1 aliphatic rings. The molecule has 0 spiro atoms. The van der Waals surface area contributed by atoms with Gasteiger partial charge in [-0.1, -0.05) is 0 Å². The molecule has 1 aliphatic heterocycles. The van der Waals surface area contributed by atoms with E-state index in [0.717, 1.165) is 0 Å². The van der Waals surface area contributed by atoms with Gasteiger partial charge < -0.3 is 5.32 Å². The molecule has 1 nitrogen and oxygen atoms in total. The van der Waals surface area contributed by atoms with E-state index in [1.807, 2.05) is 0 Å². The highest BCUT2D eigenvalue weighted by Gasteiger charge is 2.45. The van der Waals surface area contributed by atoms with Crippen molar-refractivity contribution in [3.8, 4) is 0 Å². The molecule has 0 aliphatic carbocycles. The lowest BCUT2D eigenvalue weighted by Gasteiger charge is -2.28. The second-order valence-corrected chi connectivity index (χ2v) is 2.66. The van der Waals surface area contributed by atoms with Crippen LogP contribution in [-0.4, -0.2) is 25.4 Å². The number of hydrogen-bond donors (Lipinski definition) is 1. The Morgan fingerprint density at radius 1 is 1.25 bits per heavy atom. The Labute approximate surface area is 73.9 Å². The lowest BCUT2D eigenvalue weighted by molar-refractivity contribution is -0.195.